The lowest BCUT2D eigenvalue weighted by molar-refractivity contribution is 0.205. The highest BCUT2D eigenvalue weighted by atomic mass is 35.5. The highest BCUT2D eigenvalue weighted by molar-refractivity contribution is 7.09. The molecule has 2 aromatic carbocycles. The van der Waals surface area contributed by atoms with E-state index in [0.29, 0.717) is 23.3 Å². The maximum absolute atomic E-state index is 13.1. The van der Waals surface area contributed by atoms with Gasteiger partial charge in [0.05, 0.1) is 11.6 Å². The summed E-state index contributed by atoms with van der Waals surface area (Å²) in [5.41, 5.74) is 3.29. The van der Waals surface area contributed by atoms with Crippen molar-refractivity contribution in [1.29, 1.82) is 0 Å². The number of urea groups is 1. The van der Waals surface area contributed by atoms with Gasteiger partial charge < -0.3 is 9.84 Å². The quantitative estimate of drug-likeness (QED) is 0.360. The van der Waals surface area contributed by atoms with Crippen LogP contribution < -0.4 is 5.32 Å². The van der Waals surface area contributed by atoms with Gasteiger partial charge >= 0.3 is 6.03 Å². The van der Waals surface area contributed by atoms with Crippen LogP contribution in [0.2, 0.25) is 5.02 Å². The molecule has 3 heterocycles. The van der Waals surface area contributed by atoms with Gasteiger partial charge in [-0.25, -0.2) is 4.79 Å². The first-order chi connectivity index (χ1) is 16.1. The molecule has 2 amide bonds. The standard InChI is InChI=1S/C25H21ClN4O2S/c1-16-21(24-28-23(29-32-24)18-9-5-10-19(26)15-18)22(17-7-3-2-4-8-17)27-25(31)30(16)13-12-20-11-6-14-33-20/h2-11,14-15,22H,12-13H2,1H3,(H,27,31). The Labute approximate surface area is 200 Å². The molecule has 0 fully saturated rings. The zero-order valence-electron chi connectivity index (χ0n) is 17.9. The van der Waals surface area contributed by atoms with Crippen molar-refractivity contribution in [1.82, 2.24) is 20.4 Å². The molecule has 0 bridgehead atoms. The predicted octanol–water partition coefficient (Wildman–Crippen LogP) is 6.19. The molecule has 0 saturated carbocycles. The van der Waals surface area contributed by atoms with E-state index in [1.165, 1.54) is 4.88 Å². The van der Waals surface area contributed by atoms with Crippen molar-refractivity contribution >= 4 is 34.5 Å². The van der Waals surface area contributed by atoms with Crippen molar-refractivity contribution in [3.05, 3.63) is 99.2 Å². The zero-order valence-corrected chi connectivity index (χ0v) is 19.4. The van der Waals surface area contributed by atoms with Gasteiger partial charge in [-0.15, -0.1) is 11.3 Å². The number of halogens is 1. The van der Waals surface area contributed by atoms with Gasteiger partial charge in [0.2, 0.25) is 5.82 Å². The van der Waals surface area contributed by atoms with Crippen LogP contribution in [-0.4, -0.2) is 27.6 Å². The molecule has 1 N–H and O–H groups in total. The van der Waals surface area contributed by atoms with Crippen LogP contribution in [0.3, 0.4) is 0 Å². The number of nitrogens with one attached hydrogen (secondary N) is 1. The van der Waals surface area contributed by atoms with E-state index in [1.807, 2.05) is 60.8 Å². The highest BCUT2D eigenvalue weighted by Crippen LogP contribution is 2.37. The minimum atomic E-state index is -0.399. The maximum atomic E-state index is 13.1. The smallest absolute Gasteiger partial charge is 0.322 e. The van der Waals surface area contributed by atoms with Crippen LogP contribution in [0.1, 0.15) is 29.3 Å². The van der Waals surface area contributed by atoms with E-state index in [1.54, 1.807) is 28.4 Å². The molecule has 6 nitrogen and oxygen atoms in total. The number of rotatable bonds is 6. The predicted molar refractivity (Wildman–Crippen MR) is 130 cm³/mol. The summed E-state index contributed by atoms with van der Waals surface area (Å²) in [5.74, 6) is 0.819. The molecular weight excluding hydrogens is 456 g/mol. The summed E-state index contributed by atoms with van der Waals surface area (Å²) in [6.45, 7) is 2.49. The Morgan fingerprint density at radius 3 is 2.73 bits per heavy atom. The molecule has 5 rings (SSSR count). The lowest BCUT2D eigenvalue weighted by Gasteiger charge is -2.35. The van der Waals surface area contributed by atoms with E-state index in [4.69, 9.17) is 16.1 Å². The van der Waals surface area contributed by atoms with Gasteiger partial charge in [-0.1, -0.05) is 65.3 Å². The van der Waals surface area contributed by atoms with Crippen molar-refractivity contribution in [3.63, 3.8) is 0 Å². The number of nitrogens with zero attached hydrogens (tertiary/aromatic N) is 3. The van der Waals surface area contributed by atoms with Crippen LogP contribution in [0.4, 0.5) is 4.79 Å². The third-order valence-electron chi connectivity index (χ3n) is 5.63. The highest BCUT2D eigenvalue weighted by Gasteiger charge is 2.35. The summed E-state index contributed by atoms with van der Waals surface area (Å²) in [5, 5.41) is 9.96. The first kappa shape index (κ1) is 21.4. The lowest BCUT2D eigenvalue weighted by atomic mass is 9.94. The summed E-state index contributed by atoms with van der Waals surface area (Å²) in [4.78, 5) is 20.7. The average molecular weight is 477 g/mol. The number of benzene rings is 2. The minimum absolute atomic E-state index is 0.142. The molecule has 1 unspecified atom stereocenters. The first-order valence-corrected chi connectivity index (χ1v) is 11.8. The van der Waals surface area contributed by atoms with Crippen molar-refractivity contribution < 1.29 is 9.32 Å². The van der Waals surface area contributed by atoms with Gasteiger partial charge in [0.15, 0.2) is 0 Å². The normalized spacial score (nSPS) is 16.2. The largest absolute Gasteiger partial charge is 0.334 e. The third kappa shape index (κ3) is 4.42. The number of carbonyl (C=O) groups excluding carboxylic acids is 1. The second-order valence-corrected chi connectivity index (χ2v) is 9.18. The number of hydrogen-bond donors (Lipinski definition) is 1. The van der Waals surface area contributed by atoms with Crippen molar-refractivity contribution in [2.75, 3.05) is 6.54 Å². The van der Waals surface area contributed by atoms with Crippen molar-refractivity contribution in [2.24, 2.45) is 0 Å². The van der Waals surface area contributed by atoms with E-state index in [2.05, 4.69) is 21.5 Å². The van der Waals surface area contributed by atoms with Crippen LogP contribution in [0.25, 0.3) is 17.0 Å². The van der Waals surface area contributed by atoms with E-state index in [-0.39, 0.29) is 6.03 Å². The summed E-state index contributed by atoms with van der Waals surface area (Å²) in [7, 11) is 0. The zero-order chi connectivity index (χ0) is 22.8. The Morgan fingerprint density at radius 1 is 1.12 bits per heavy atom. The van der Waals surface area contributed by atoms with Crippen molar-refractivity contribution in [2.45, 2.75) is 19.4 Å². The number of thiophene rings is 1. The molecule has 33 heavy (non-hydrogen) atoms. The fourth-order valence-corrected chi connectivity index (χ4v) is 4.87. The monoisotopic (exact) mass is 476 g/mol. The minimum Gasteiger partial charge on any atom is -0.334 e. The second kappa shape index (κ2) is 9.21. The molecule has 1 atom stereocenters. The lowest BCUT2D eigenvalue weighted by Crippen LogP contribution is -2.46. The Hall–Kier alpha value is -3.42. The third-order valence-corrected chi connectivity index (χ3v) is 6.80. The molecule has 4 aromatic rings. The van der Waals surface area contributed by atoms with Crippen LogP contribution in [0.5, 0.6) is 0 Å². The Bertz CT molecular complexity index is 1300. The topological polar surface area (TPSA) is 71.3 Å². The molecule has 2 aromatic heterocycles. The van der Waals surface area contributed by atoms with Crippen LogP contribution in [0.15, 0.2) is 82.3 Å². The molecule has 166 valence electrons. The SMILES string of the molecule is CC1=C(c2nc(-c3cccc(Cl)c3)no2)C(c2ccccc2)NC(=O)N1CCc1cccs1. The summed E-state index contributed by atoms with van der Waals surface area (Å²) in [6, 6.07) is 20.7. The number of aromatic nitrogens is 2. The number of hydrogen-bond acceptors (Lipinski definition) is 5. The molecular formula is C25H21ClN4O2S. The van der Waals surface area contributed by atoms with Crippen LogP contribution >= 0.6 is 22.9 Å². The van der Waals surface area contributed by atoms with Crippen LogP contribution in [0, 0.1) is 0 Å². The van der Waals surface area contributed by atoms with E-state index in [9.17, 15) is 4.79 Å². The summed E-state index contributed by atoms with van der Waals surface area (Å²) < 4.78 is 5.72. The van der Waals surface area contributed by atoms with Crippen molar-refractivity contribution in [3.8, 4) is 11.4 Å². The van der Waals surface area contributed by atoms with E-state index in [0.717, 1.165) is 28.8 Å². The van der Waals surface area contributed by atoms with Crippen LogP contribution in [-0.2, 0) is 6.42 Å². The Balaban J connectivity index is 1.55. The summed E-state index contributed by atoms with van der Waals surface area (Å²) in [6.07, 6.45) is 0.767. The average Bonchev–Trinajstić information content (AvgIpc) is 3.52. The molecule has 1 aliphatic heterocycles. The van der Waals surface area contributed by atoms with Gasteiger partial charge in [0.1, 0.15) is 0 Å². The molecule has 0 spiro atoms. The summed E-state index contributed by atoms with van der Waals surface area (Å²) >= 11 is 7.82. The molecule has 0 radical (unpaired) electrons. The van der Waals surface area contributed by atoms with Gasteiger partial charge in [-0.05, 0) is 42.5 Å². The van der Waals surface area contributed by atoms with Gasteiger partial charge in [0.25, 0.3) is 5.89 Å². The maximum Gasteiger partial charge on any atom is 0.322 e. The van der Waals surface area contributed by atoms with Gasteiger partial charge in [-0.2, -0.15) is 4.98 Å². The molecule has 0 saturated heterocycles. The Morgan fingerprint density at radius 2 is 1.97 bits per heavy atom. The van der Waals surface area contributed by atoms with E-state index < -0.39 is 6.04 Å². The van der Waals surface area contributed by atoms with Gasteiger partial charge in [-0.3, -0.25) is 4.90 Å². The first-order valence-electron chi connectivity index (χ1n) is 10.6. The number of amides is 2. The second-order valence-electron chi connectivity index (χ2n) is 7.71. The fraction of sp³-hybridized carbons (Fsp3) is 0.160. The number of allylic oxidation sites excluding steroid dienone is 1. The molecule has 8 heteroatoms. The Kier molecular flexibility index (Phi) is 5.98. The number of carbonyl (C=O) groups is 1. The molecule has 1 aliphatic rings. The fourth-order valence-electron chi connectivity index (χ4n) is 3.98. The molecule has 0 aliphatic carbocycles. The van der Waals surface area contributed by atoms with Gasteiger partial charge in [0, 0.05) is 27.7 Å². The van der Waals surface area contributed by atoms with E-state index >= 15 is 0 Å².